The smallest absolute Gasteiger partial charge is 0.253 e. The third-order valence-corrected chi connectivity index (χ3v) is 5.47. The lowest BCUT2D eigenvalue weighted by Gasteiger charge is -2.14. The normalized spacial score (nSPS) is 12.1. The van der Waals surface area contributed by atoms with E-state index in [1.165, 1.54) is 5.56 Å². The molecule has 4 aromatic rings. The molecule has 0 aliphatic heterocycles. The Bertz CT molecular complexity index is 1200. The molecular formula is C24H26N6O. The van der Waals surface area contributed by atoms with Crippen LogP contribution < -0.4 is 11.1 Å². The zero-order valence-electron chi connectivity index (χ0n) is 17.7. The molecule has 3 aromatic heterocycles. The summed E-state index contributed by atoms with van der Waals surface area (Å²) < 4.78 is 1.62. The number of carbonyl (C=O) groups is 1. The minimum absolute atomic E-state index is 0.0979. The van der Waals surface area contributed by atoms with Gasteiger partial charge in [0.05, 0.1) is 11.3 Å². The number of fused-ring (bicyclic) bond motifs is 1. The number of hydrogen-bond acceptors (Lipinski definition) is 5. The van der Waals surface area contributed by atoms with Gasteiger partial charge in [0.2, 0.25) is 5.95 Å². The van der Waals surface area contributed by atoms with Gasteiger partial charge in [0.1, 0.15) is 0 Å². The number of carbonyl (C=O) groups excluding carboxylic acids is 1. The molecule has 0 aliphatic carbocycles. The van der Waals surface area contributed by atoms with Gasteiger partial charge in [0, 0.05) is 24.5 Å². The molecule has 0 saturated heterocycles. The molecule has 0 spiro atoms. The Morgan fingerprint density at radius 2 is 1.97 bits per heavy atom. The molecule has 0 aliphatic rings. The Morgan fingerprint density at radius 1 is 1.16 bits per heavy atom. The fraction of sp³-hybridized carbons (Fsp3) is 0.250. The van der Waals surface area contributed by atoms with E-state index < -0.39 is 0 Å². The molecule has 1 atom stereocenters. The number of hydrogen-bond donors (Lipinski definition) is 2. The van der Waals surface area contributed by atoms with Crippen LogP contribution in [0.5, 0.6) is 0 Å². The highest BCUT2D eigenvalue weighted by molar-refractivity contribution is 5.96. The van der Waals surface area contributed by atoms with Gasteiger partial charge < -0.3 is 11.1 Å². The summed E-state index contributed by atoms with van der Waals surface area (Å²) >= 11 is 0. The van der Waals surface area contributed by atoms with Gasteiger partial charge in [-0.25, -0.2) is 4.52 Å². The van der Waals surface area contributed by atoms with E-state index in [9.17, 15) is 4.79 Å². The number of anilines is 1. The van der Waals surface area contributed by atoms with Crippen LogP contribution in [-0.2, 0) is 6.42 Å². The van der Waals surface area contributed by atoms with Crippen LogP contribution in [0.25, 0.3) is 16.8 Å². The van der Waals surface area contributed by atoms with E-state index in [4.69, 9.17) is 5.73 Å². The number of nitrogens with zero attached hydrogens (tertiary/aromatic N) is 4. The highest BCUT2D eigenvalue weighted by Crippen LogP contribution is 2.23. The summed E-state index contributed by atoms with van der Waals surface area (Å²) in [6.07, 6.45) is 5.14. The average Bonchev–Trinajstić information content (AvgIpc) is 3.18. The molecule has 0 radical (unpaired) electrons. The van der Waals surface area contributed by atoms with E-state index in [1.54, 1.807) is 16.9 Å². The molecule has 4 rings (SSSR count). The zero-order chi connectivity index (χ0) is 21.8. The Hall–Kier alpha value is -3.74. The zero-order valence-corrected chi connectivity index (χ0v) is 17.7. The van der Waals surface area contributed by atoms with Crippen molar-refractivity contribution < 1.29 is 4.79 Å². The highest BCUT2D eigenvalue weighted by atomic mass is 16.1. The van der Waals surface area contributed by atoms with Gasteiger partial charge in [0.25, 0.3) is 5.91 Å². The monoisotopic (exact) mass is 414 g/mol. The minimum atomic E-state index is -0.0979. The van der Waals surface area contributed by atoms with E-state index in [2.05, 4.69) is 39.4 Å². The fourth-order valence-electron chi connectivity index (χ4n) is 3.65. The predicted octanol–water partition coefficient (Wildman–Crippen LogP) is 3.86. The van der Waals surface area contributed by atoms with Crippen molar-refractivity contribution in [3.05, 3.63) is 77.7 Å². The maximum absolute atomic E-state index is 12.9. The molecule has 7 heteroatoms. The Balaban J connectivity index is 1.50. The van der Waals surface area contributed by atoms with E-state index in [0.29, 0.717) is 30.1 Å². The lowest BCUT2D eigenvalue weighted by molar-refractivity contribution is 0.0951. The van der Waals surface area contributed by atoms with Gasteiger partial charge in [0.15, 0.2) is 5.65 Å². The minimum Gasteiger partial charge on any atom is -0.366 e. The third-order valence-electron chi connectivity index (χ3n) is 5.47. The quantitative estimate of drug-likeness (QED) is 0.478. The van der Waals surface area contributed by atoms with Crippen LogP contribution in [0.3, 0.4) is 0 Å². The molecule has 31 heavy (non-hydrogen) atoms. The van der Waals surface area contributed by atoms with Crippen molar-refractivity contribution in [3.63, 3.8) is 0 Å². The van der Waals surface area contributed by atoms with E-state index >= 15 is 0 Å². The number of amides is 1. The van der Waals surface area contributed by atoms with E-state index in [-0.39, 0.29) is 11.9 Å². The van der Waals surface area contributed by atoms with Crippen LogP contribution in [0.15, 0.2) is 60.9 Å². The van der Waals surface area contributed by atoms with Crippen molar-refractivity contribution in [2.24, 2.45) is 0 Å². The SMILES string of the molecule is CCc1ncc(-c2ccn3nc(N)nc3c2)cc1C(=O)NCCC(C)c1ccccc1. The maximum Gasteiger partial charge on any atom is 0.253 e. The number of aromatic nitrogens is 4. The van der Waals surface area contributed by atoms with Crippen molar-refractivity contribution in [2.45, 2.75) is 32.6 Å². The molecule has 0 fully saturated rings. The summed E-state index contributed by atoms with van der Waals surface area (Å²) in [5.74, 6) is 0.500. The number of aryl methyl sites for hydroxylation is 1. The number of benzene rings is 1. The number of pyridine rings is 2. The molecule has 3 N–H and O–H groups in total. The average molecular weight is 415 g/mol. The maximum atomic E-state index is 12.9. The largest absolute Gasteiger partial charge is 0.366 e. The van der Waals surface area contributed by atoms with Crippen LogP contribution in [0.4, 0.5) is 5.95 Å². The molecule has 0 bridgehead atoms. The van der Waals surface area contributed by atoms with Crippen molar-refractivity contribution in [2.75, 3.05) is 12.3 Å². The Morgan fingerprint density at radius 3 is 2.74 bits per heavy atom. The second-order valence-electron chi connectivity index (χ2n) is 7.62. The predicted molar refractivity (Wildman–Crippen MR) is 122 cm³/mol. The summed E-state index contributed by atoms with van der Waals surface area (Å²) in [5, 5.41) is 7.16. The first-order valence-corrected chi connectivity index (χ1v) is 10.5. The van der Waals surface area contributed by atoms with Gasteiger partial charge in [-0.15, -0.1) is 5.10 Å². The molecule has 1 unspecified atom stereocenters. The van der Waals surface area contributed by atoms with Gasteiger partial charge in [-0.3, -0.25) is 9.78 Å². The van der Waals surface area contributed by atoms with E-state index in [1.807, 2.05) is 43.3 Å². The second kappa shape index (κ2) is 8.95. The Labute approximate surface area is 181 Å². The van der Waals surface area contributed by atoms with Crippen LogP contribution in [0.1, 0.15) is 47.8 Å². The lowest BCUT2D eigenvalue weighted by atomic mass is 9.98. The van der Waals surface area contributed by atoms with Gasteiger partial charge in [-0.05, 0) is 48.1 Å². The van der Waals surface area contributed by atoms with Crippen molar-refractivity contribution >= 4 is 17.5 Å². The first kappa shape index (κ1) is 20.5. The molecule has 1 amide bonds. The van der Waals surface area contributed by atoms with Crippen LogP contribution in [-0.4, -0.2) is 32.0 Å². The topological polar surface area (TPSA) is 98.2 Å². The van der Waals surface area contributed by atoms with Crippen LogP contribution >= 0.6 is 0 Å². The number of nitrogens with two attached hydrogens (primary N) is 1. The van der Waals surface area contributed by atoms with Crippen LogP contribution in [0, 0.1) is 0 Å². The molecular weight excluding hydrogens is 388 g/mol. The summed E-state index contributed by atoms with van der Waals surface area (Å²) in [5.41, 5.74) is 10.7. The van der Waals surface area contributed by atoms with Gasteiger partial charge in [-0.2, -0.15) is 4.98 Å². The molecule has 0 saturated carbocycles. The van der Waals surface area contributed by atoms with Crippen molar-refractivity contribution in [1.82, 2.24) is 24.9 Å². The standard InChI is InChI=1S/C24H26N6O/c1-3-21-20(23(31)26-11-9-16(2)17-7-5-4-6-8-17)13-19(15-27-21)18-10-12-30-22(14-18)28-24(25)29-30/h4-8,10,12-16H,3,9,11H2,1-2H3,(H2,25,29)(H,26,31). The first-order valence-electron chi connectivity index (χ1n) is 10.5. The molecule has 158 valence electrons. The third kappa shape index (κ3) is 4.55. The lowest BCUT2D eigenvalue weighted by Crippen LogP contribution is -2.26. The summed E-state index contributed by atoms with van der Waals surface area (Å²) in [7, 11) is 0. The molecule has 1 aromatic carbocycles. The number of nitrogen functional groups attached to an aromatic ring is 1. The molecule has 7 nitrogen and oxygen atoms in total. The number of rotatable bonds is 7. The fourth-order valence-corrected chi connectivity index (χ4v) is 3.65. The Kier molecular flexibility index (Phi) is 5.93. The van der Waals surface area contributed by atoms with E-state index in [0.717, 1.165) is 23.2 Å². The summed E-state index contributed by atoms with van der Waals surface area (Å²) in [6, 6.07) is 16.0. The first-order chi connectivity index (χ1) is 15.0. The van der Waals surface area contributed by atoms with Gasteiger partial charge in [-0.1, -0.05) is 44.2 Å². The summed E-state index contributed by atoms with van der Waals surface area (Å²) in [6.45, 7) is 4.78. The highest BCUT2D eigenvalue weighted by Gasteiger charge is 2.15. The second-order valence-corrected chi connectivity index (χ2v) is 7.62. The van der Waals surface area contributed by atoms with Crippen molar-refractivity contribution in [1.29, 1.82) is 0 Å². The van der Waals surface area contributed by atoms with Gasteiger partial charge >= 0.3 is 0 Å². The summed E-state index contributed by atoms with van der Waals surface area (Å²) in [4.78, 5) is 21.7. The molecule has 3 heterocycles. The van der Waals surface area contributed by atoms with Crippen LogP contribution in [0.2, 0.25) is 0 Å². The number of nitrogens with one attached hydrogen (secondary N) is 1. The van der Waals surface area contributed by atoms with Crippen molar-refractivity contribution in [3.8, 4) is 11.1 Å².